The van der Waals surface area contributed by atoms with Gasteiger partial charge in [-0.2, -0.15) is 0 Å². The van der Waals surface area contributed by atoms with Crippen molar-refractivity contribution >= 4 is 11.6 Å². The van der Waals surface area contributed by atoms with Crippen LogP contribution in [0.15, 0.2) is 24.3 Å². The van der Waals surface area contributed by atoms with E-state index in [-0.39, 0.29) is 0 Å². The summed E-state index contributed by atoms with van der Waals surface area (Å²) in [7, 11) is 0. The highest BCUT2D eigenvalue weighted by Gasteiger charge is 2.31. The molecule has 3 rings (SSSR count). The molecule has 0 amide bonds. The third-order valence-electron chi connectivity index (χ3n) is 3.73. The molecule has 1 atom stereocenters. The number of halogens is 1. The Labute approximate surface area is 113 Å². The van der Waals surface area contributed by atoms with Gasteiger partial charge in [-0.05, 0) is 37.6 Å². The normalized spacial score (nSPS) is 25.1. The van der Waals surface area contributed by atoms with Crippen LogP contribution in [0, 0.1) is 5.92 Å². The van der Waals surface area contributed by atoms with Crippen LogP contribution in [-0.2, 0) is 0 Å². The number of ether oxygens (including phenoxy) is 1. The second-order valence-electron chi connectivity index (χ2n) is 5.25. The number of rotatable bonds is 4. The predicted octanol–water partition coefficient (Wildman–Crippen LogP) is 2.01. The van der Waals surface area contributed by atoms with Crippen molar-refractivity contribution in [2.45, 2.75) is 12.5 Å². The van der Waals surface area contributed by atoms with Crippen LogP contribution in [-0.4, -0.2) is 43.7 Å². The summed E-state index contributed by atoms with van der Waals surface area (Å²) in [5, 5.41) is 4.11. The van der Waals surface area contributed by atoms with Crippen molar-refractivity contribution in [3.63, 3.8) is 0 Å². The van der Waals surface area contributed by atoms with Crippen molar-refractivity contribution in [1.82, 2.24) is 10.2 Å². The van der Waals surface area contributed by atoms with E-state index in [1.54, 1.807) is 0 Å². The Morgan fingerprint density at radius 1 is 1.33 bits per heavy atom. The minimum absolute atomic E-state index is 0.305. The minimum Gasteiger partial charge on any atom is -0.486 e. The zero-order valence-corrected chi connectivity index (χ0v) is 11.2. The molecule has 2 fully saturated rings. The second kappa shape index (κ2) is 5.47. The fourth-order valence-corrected chi connectivity index (χ4v) is 2.88. The summed E-state index contributed by atoms with van der Waals surface area (Å²) >= 11 is 6.08. The van der Waals surface area contributed by atoms with Crippen molar-refractivity contribution in [2.24, 2.45) is 5.92 Å². The summed E-state index contributed by atoms with van der Waals surface area (Å²) in [6.45, 7) is 5.61. The molecule has 98 valence electrons. The van der Waals surface area contributed by atoms with Crippen LogP contribution in [0.25, 0.3) is 0 Å². The number of likely N-dealkylation sites (tertiary alicyclic amines) is 1. The SMILES string of the molecule is Clc1ccccc1OC1CN(C[C@@H]2CCNC2)C1. The Bertz CT molecular complexity index is 401. The van der Waals surface area contributed by atoms with Crippen molar-refractivity contribution in [3.05, 3.63) is 29.3 Å². The van der Waals surface area contributed by atoms with E-state index in [1.807, 2.05) is 24.3 Å². The summed E-state index contributed by atoms with van der Waals surface area (Å²) in [6.07, 6.45) is 1.62. The molecule has 2 heterocycles. The average molecular weight is 267 g/mol. The van der Waals surface area contributed by atoms with Gasteiger partial charge in [-0.3, -0.25) is 4.90 Å². The van der Waals surface area contributed by atoms with Gasteiger partial charge in [0.2, 0.25) is 0 Å². The van der Waals surface area contributed by atoms with E-state index in [0.717, 1.165) is 24.8 Å². The van der Waals surface area contributed by atoms with Gasteiger partial charge in [0.05, 0.1) is 5.02 Å². The summed E-state index contributed by atoms with van der Waals surface area (Å²) in [5.41, 5.74) is 0. The molecule has 4 heteroatoms. The molecular weight excluding hydrogens is 248 g/mol. The van der Waals surface area contributed by atoms with Gasteiger partial charge in [-0.15, -0.1) is 0 Å². The summed E-state index contributed by atoms with van der Waals surface area (Å²) in [6, 6.07) is 7.70. The quantitative estimate of drug-likeness (QED) is 0.902. The smallest absolute Gasteiger partial charge is 0.138 e. The molecule has 0 bridgehead atoms. The van der Waals surface area contributed by atoms with Gasteiger partial charge >= 0.3 is 0 Å². The molecule has 1 aromatic rings. The van der Waals surface area contributed by atoms with Crippen LogP contribution < -0.4 is 10.1 Å². The third kappa shape index (κ3) is 2.79. The van der Waals surface area contributed by atoms with E-state index in [1.165, 1.54) is 26.1 Å². The van der Waals surface area contributed by atoms with Crippen LogP contribution in [0.2, 0.25) is 5.02 Å². The maximum atomic E-state index is 6.08. The van der Waals surface area contributed by atoms with Gasteiger partial charge in [0, 0.05) is 19.6 Å². The van der Waals surface area contributed by atoms with Crippen molar-refractivity contribution in [2.75, 3.05) is 32.7 Å². The number of nitrogens with one attached hydrogen (secondary N) is 1. The molecular formula is C14H19ClN2O. The van der Waals surface area contributed by atoms with E-state index in [0.29, 0.717) is 11.1 Å². The first-order valence-electron chi connectivity index (χ1n) is 6.65. The number of benzene rings is 1. The Balaban J connectivity index is 1.43. The fourth-order valence-electron chi connectivity index (χ4n) is 2.70. The monoisotopic (exact) mass is 266 g/mol. The maximum absolute atomic E-state index is 6.08. The van der Waals surface area contributed by atoms with Crippen molar-refractivity contribution < 1.29 is 4.74 Å². The molecule has 3 nitrogen and oxygen atoms in total. The lowest BCUT2D eigenvalue weighted by Crippen LogP contribution is -2.55. The molecule has 0 aliphatic carbocycles. The molecule has 2 aliphatic rings. The Kier molecular flexibility index (Phi) is 3.73. The zero-order valence-electron chi connectivity index (χ0n) is 10.4. The Hall–Kier alpha value is -0.770. The highest BCUT2D eigenvalue weighted by Crippen LogP contribution is 2.26. The van der Waals surface area contributed by atoms with Gasteiger partial charge in [0.1, 0.15) is 11.9 Å². The molecule has 1 aromatic carbocycles. The first kappa shape index (κ1) is 12.3. The van der Waals surface area contributed by atoms with Gasteiger partial charge < -0.3 is 10.1 Å². The van der Waals surface area contributed by atoms with Gasteiger partial charge in [-0.25, -0.2) is 0 Å². The van der Waals surface area contributed by atoms with Gasteiger partial charge in [0.25, 0.3) is 0 Å². The zero-order chi connectivity index (χ0) is 12.4. The summed E-state index contributed by atoms with van der Waals surface area (Å²) in [4.78, 5) is 2.47. The lowest BCUT2D eigenvalue weighted by Gasteiger charge is -2.40. The lowest BCUT2D eigenvalue weighted by atomic mass is 10.0. The molecule has 0 aromatic heterocycles. The van der Waals surface area contributed by atoms with E-state index < -0.39 is 0 Å². The molecule has 2 saturated heterocycles. The third-order valence-corrected chi connectivity index (χ3v) is 4.04. The van der Waals surface area contributed by atoms with Gasteiger partial charge in [0.15, 0.2) is 0 Å². The Morgan fingerprint density at radius 3 is 2.89 bits per heavy atom. The first-order valence-corrected chi connectivity index (χ1v) is 7.03. The number of para-hydroxylation sites is 1. The van der Waals surface area contributed by atoms with Crippen molar-refractivity contribution in [3.8, 4) is 5.75 Å². The molecule has 0 spiro atoms. The molecule has 1 N–H and O–H groups in total. The number of hydrogen-bond donors (Lipinski definition) is 1. The number of hydrogen-bond acceptors (Lipinski definition) is 3. The van der Waals surface area contributed by atoms with Crippen LogP contribution in [0.3, 0.4) is 0 Å². The van der Waals surface area contributed by atoms with E-state index in [4.69, 9.17) is 16.3 Å². The van der Waals surface area contributed by atoms with Crippen LogP contribution in [0.1, 0.15) is 6.42 Å². The van der Waals surface area contributed by atoms with Crippen LogP contribution >= 0.6 is 11.6 Å². The van der Waals surface area contributed by atoms with Gasteiger partial charge in [-0.1, -0.05) is 23.7 Å². The first-order chi connectivity index (χ1) is 8.81. The standard InChI is InChI=1S/C14H19ClN2O/c15-13-3-1-2-4-14(13)18-12-9-17(10-12)8-11-5-6-16-7-11/h1-4,11-12,16H,5-10H2/t11-/m1/s1. The largest absolute Gasteiger partial charge is 0.486 e. The highest BCUT2D eigenvalue weighted by molar-refractivity contribution is 6.32. The predicted molar refractivity (Wildman–Crippen MR) is 73.3 cm³/mol. The van der Waals surface area contributed by atoms with Crippen LogP contribution in [0.4, 0.5) is 0 Å². The van der Waals surface area contributed by atoms with E-state index in [2.05, 4.69) is 10.2 Å². The maximum Gasteiger partial charge on any atom is 0.138 e. The fraction of sp³-hybridized carbons (Fsp3) is 0.571. The molecule has 0 radical (unpaired) electrons. The Morgan fingerprint density at radius 2 is 2.17 bits per heavy atom. The molecule has 18 heavy (non-hydrogen) atoms. The van der Waals surface area contributed by atoms with Crippen LogP contribution in [0.5, 0.6) is 5.75 Å². The minimum atomic E-state index is 0.305. The van der Waals surface area contributed by atoms with E-state index >= 15 is 0 Å². The topological polar surface area (TPSA) is 24.5 Å². The van der Waals surface area contributed by atoms with Crippen molar-refractivity contribution in [1.29, 1.82) is 0 Å². The molecule has 0 saturated carbocycles. The highest BCUT2D eigenvalue weighted by atomic mass is 35.5. The second-order valence-corrected chi connectivity index (χ2v) is 5.65. The number of nitrogens with zero attached hydrogens (tertiary/aromatic N) is 1. The molecule has 0 unspecified atom stereocenters. The summed E-state index contributed by atoms with van der Waals surface area (Å²) < 4.78 is 5.89. The molecule has 2 aliphatic heterocycles. The van der Waals surface area contributed by atoms with E-state index in [9.17, 15) is 0 Å². The summed E-state index contributed by atoms with van der Waals surface area (Å²) in [5.74, 6) is 1.64. The lowest BCUT2D eigenvalue weighted by molar-refractivity contribution is 0.0118. The average Bonchev–Trinajstić information content (AvgIpc) is 2.81.